The number of ether oxygens (including phenoxy) is 1. The van der Waals surface area contributed by atoms with Gasteiger partial charge >= 0.3 is 5.97 Å². The van der Waals surface area contributed by atoms with Crippen LogP contribution in [0, 0.1) is 5.92 Å². The predicted molar refractivity (Wildman–Crippen MR) is 162 cm³/mol. The quantitative estimate of drug-likeness (QED) is 0.282. The molecule has 1 aliphatic carbocycles. The SMILES string of the molecule is CCOC(=O)c1cnn(C2CCCN(c3cc(Cl)ccc3-c3ccc(N4CCN(C(=O)C5CC5)CC4)cc3)C2)c1C(F)F. The zero-order valence-electron chi connectivity index (χ0n) is 24.2. The Labute approximate surface area is 255 Å². The van der Waals surface area contributed by atoms with Crippen molar-refractivity contribution in [2.45, 2.75) is 45.1 Å². The molecular weight excluding hydrogens is 576 g/mol. The first-order valence-corrected chi connectivity index (χ1v) is 15.4. The normalized spacial score (nSPS) is 19.2. The van der Waals surface area contributed by atoms with E-state index in [4.69, 9.17) is 16.3 Å². The fraction of sp³-hybridized carbons (Fsp3) is 0.469. The average Bonchev–Trinajstić information content (AvgIpc) is 3.78. The summed E-state index contributed by atoms with van der Waals surface area (Å²) in [5.41, 5.74) is 3.48. The van der Waals surface area contributed by atoms with Crippen LogP contribution in [0.2, 0.25) is 5.02 Å². The molecule has 2 aliphatic heterocycles. The van der Waals surface area contributed by atoms with E-state index in [9.17, 15) is 18.4 Å². The lowest BCUT2D eigenvalue weighted by atomic mass is 9.99. The zero-order chi connectivity index (χ0) is 30.1. The van der Waals surface area contributed by atoms with Gasteiger partial charge in [0.15, 0.2) is 0 Å². The Kier molecular flexibility index (Phi) is 8.56. The summed E-state index contributed by atoms with van der Waals surface area (Å²) in [5.74, 6) is -0.226. The number of benzene rings is 2. The molecule has 1 saturated carbocycles. The molecule has 1 aromatic heterocycles. The Hall–Kier alpha value is -3.66. The van der Waals surface area contributed by atoms with Gasteiger partial charge in [-0.3, -0.25) is 9.48 Å². The van der Waals surface area contributed by atoms with Gasteiger partial charge in [-0.2, -0.15) is 5.10 Å². The Morgan fingerprint density at radius 2 is 1.74 bits per heavy atom. The summed E-state index contributed by atoms with van der Waals surface area (Å²) in [4.78, 5) is 31.2. The van der Waals surface area contributed by atoms with Gasteiger partial charge in [-0.25, -0.2) is 13.6 Å². The van der Waals surface area contributed by atoms with E-state index in [2.05, 4.69) is 39.2 Å². The van der Waals surface area contributed by atoms with Gasteiger partial charge in [0, 0.05) is 67.1 Å². The van der Waals surface area contributed by atoms with Crippen LogP contribution >= 0.6 is 11.6 Å². The van der Waals surface area contributed by atoms with Crippen molar-refractivity contribution in [3.05, 3.63) is 64.9 Å². The minimum atomic E-state index is -2.86. The fourth-order valence-corrected chi connectivity index (χ4v) is 6.42. The number of amides is 1. The molecule has 43 heavy (non-hydrogen) atoms. The third-order valence-corrected chi connectivity index (χ3v) is 8.88. The maximum Gasteiger partial charge on any atom is 0.341 e. The van der Waals surface area contributed by atoms with Crippen LogP contribution in [-0.4, -0.2) is 72.4 Å². The van der Waals surface area contributed by atoms with Gasteiger partial charge in [-0.1, -0.05) is 29.8 Å². The highest BCUT2D eigenvalue weighted by atomic mass is 35.5. The molecule has 0 N–H and O–H groups in total. The molecule has 0 bridgehead atoms. The predicted octanol–water partition coefficient (Wildman–Crippen LogP) is 6.22. The molecule has 1 atom stereocenters. The molecule has 228 valence electrons. The summed E-state index contributed by atoms with van der Waals surface area (Å²) < 4.78 is 34.6. The first kappa shape index (κ1) is 29.4. The molecule has 3 aliphatic rings. The summed E-state index contributed by atoms with van der Waals surface area (Å²) >= 11 is 6.47. The summed E-state index contributed by atoms with van der Waals surface area (Å²) in [5, 5.41) is 4.82. The first-order valence-electron chi connectivity index (χ1n) is 15.1. The Morgan fingerprint density at radius 3 is 2.42 bits per heavy atom. The number of aromatic nitrogens is 2. The van der Waals surface area contributed by atoms with Crippen LogP contribution in [0.3, 0.4) is 0 Å². The highest BCUT2D eigenvalue weighted by Gasteiger charge is 2.35. The number of piperidine rings is 1. The molecule has 0 radical (unpaired) electrons. The van der Waals surface area contributed by atoms with E-state index in [0.29, 0.717) is 23.9 Å². The van der Waals surface area contributed by atoms with Crippen LogP contribution in [0.1, 0.15) is 61.1 Å². The topological polar surface area (TPSA) is 70.9 Å². The summed E-state index contributed by atoms with van der Waals surface area (Å²) in [6.07, 6.45) is 1.81. The molecule has 1 unspecified atom stereocenters. The van der Waals surface area contributed by atoms with Crippen molar-refractivity contribution < 1.29 is 23.1 Å². The van der Waals surface area contributed by atoms with Gasteiger partial charge in [0.25, 0.3) is 6.43 Å². The van der Waals surface area contributed by atoms with Gasteiger partial charge in [0.05, 0.1) is 18.8 Å². The molecule has 3 fully saturated rings. The summed E-state index contributed by atoms with van der Waals surface area (Å²) in [6.45, 7) is 6.04. The lowest BCUT2D eigenvalue weighted by Gasteiger charge is -2.37. The van der Waals surface area contributed by atoms with Crippen LogP contribution in [0.25, 0.3) is 11.1 Å². The Balaban J connectivity index is 1.20. The molecule has 2 aromatic carbocycles. The smallest absolute Gasteiger partial charge is 0.341 e. The first-order chi connectivity index (χ1) is 20.8. The van der Waals surface area contributed by atoms with E-state index in [1.54, 1.807) is 6.92 Å². The van der Waals surface area contributed by atoms with Crippen molar-refractivity contribution in [3.8, 4) is 11.1 Å². The number of carbonyl (C=O) groups is 2. The lowest BCUT2D eigenvalue weighted by Crippen LogP contribution is -2.49. The standard InChI is InChI=1S/C32H36ClF2N5O3/c1-2-43-32(42)27-19-36-40(29(27)30(34)35)25-4-3-13-39(20-25)28-18-23(33)9-12-26(28)21-7-10-24(11-8-21)37-14-16-38(17-15-37)31(41)22-5-6-22/h7-12,18-19,22,25,30H,2-6,13-17,20H2,1H3. The molecule has 3 aromatic rings. The van der Waals surface area contributed by atoms with Gasteiger partial charge < -0.3 is 19.4 Å². The number of piperazine rings is 1. The number of halogens is 3. The second-order valence-electron chi connectivity index (χ2n) is 11.4. The number of alkyl halides is 2. The Morgan fingerprint density at radius 1 is 1.00 bits per heavy atom. The average molecular weight is 612 g/mol. The lowest BCUT2D eigenvalue weighted by molar-refractivity contribution is -0.132. The van der Waals surface area contributed by atoms with Crippen LogP contribution < -0.4 is 9.80 Å². The molecule has 11 heteroatoms. The van der Waals surface area contributed by atoms with E-state index >= 15 is 0 Å². The maximum absolute atomic E-state index is 14.2. The number of carbonyl (C=O) groups excluding carboxylic acids is 2. The summed E-state index contributed by atoms with van der Waals surface area (Å²) in [6, 6.07) is 13.8. The van der Waals surface area contributed by atoms with Crippen LogP contribution in [-0.2, 0) is 9.53 Å². The molecule has 8 nitrogen and oxygen atoms in total. The van der Waals surface area contributed by atoms with Crippen molar-refractivity contribution in [1.29, 1.82) is 0 Å². The van der Waals surface area contributed by atoms with E-state index in [-0.39, 0.29) is 24.1 Å². The second kappa shape index (κ2) is 12.5. The fourth-order valence-electron chi connectivity index (χ4n) is 6.26. The van der Waals surface area contributed by atoms with Gasteiger partial charge in [0.1, 0.15) is 11.3 Å². The monoisotopic (exact) mass is 611 g/mol. The molecule has 3 heterocycles. The van der Waals surface area contributed by atoms with E-state index in [1.807, 2.05) is 23.1 Å². The van der Waals surface area contributed by atoms with Crippen LogP contribution in [0.15, 0.2) is 48.7 Å². The van der Waals surface area contributed by atoms with E-state index in [0.717, 1.165) is 74.5 Å². The molecule has 1 amide bonds. The van der Waals surface area contributed by atoms with Gasteiger partial charge in [-0.15, -0.1) is 0 Å². The van der Waals surface area contributed by atoms with Crippen LogP contribution in [0.4, 0.5) is 20.2 Å². The third kappa shape index (κ3) is 6.20. The molecular formula is C32H36ClF2N5O3. The van der Waals surface area contributed by atoms with Crippen LogP contribution in [0.5, 0.6) is 0 Å². The molecule has 0 spiro atoms. The number of esters is 1. The second-order valence-corrected chi connectivity index (χ2v) is 11.9. The molecule has 6 rings (SSSR count). The number of anilines is 2. The molecule has 2 saturated heterocycles. The van der Waals surface area contributed by atoms with Crippen molar-refractivity contribution in [2.24, 2.45) is 5.92 Å². The van der Waals surface area contributed by atoms with Crippen molar-refractivity contribution >= 4 is 34.9 Å². The number of hydrogen-bond acceptors (Lipinski definition) is 6. The van der Waals surface area contributed by atoms with Crippen molar-refractivity contribution in [2.75, 3.05) is 55.7 Å². The van der Waals surface area contributed by atoms with E-state index < -0.39 is 18.1 Å². The highest BCUT2D eigenvalue weighted by Crippen LogP contribution is 2.38. The zero-order valence-corrected chi connectivity index (χ0v) is 25.0. The largest absolute Gasteiger partial charge is 0.462 e. The highest BCUT2D eigenvalue weighted by molar-refractivity contribution is 6.31. The number of hydrogen-bond donors (Lipinski definition) is 0. The van der Waals surface area contributed by atoms with E-state index in [1.165, 1.54) is 10.9 Å². The summed E-state index contributed by atoms with van der Waals surface area (Å²) in [7, 11) is 0. The van der Waals surface area contributed by atoms with Gasteiger partial charge in [-0.05, 0) is 62.4 Å². The van der Waals surface area contributed by atoms with Gasteiger partial charge in [0.2, 0.25) is 5.91 Å². The number of nitrogens with zero attached hydrogens (tertiary/aromatic N) is 5. The maximum atomic E-state index is 14.2. The Bertz CT molecular complexity index is 1470. The minimum absolute atomic E-state index is 0.0977. The minimum Gasteiger partial charge on any atom is -0.462 e. The van der Waals surface area contributed by atoms with Crippen molar-refractivity contribution in [3.63, 3.8) is 0 Å². The van der Waals surface area contributed by atoms with Crippen molar-refractivity contribution in [1.82, 2.24) is 14.7 Å². The third-order valence-electron chi connectivity index (χ3n) is 8.64. The number of rotatable bonds is 8.